The molecule has 0 amide bonds. The molecule has 0 radical (unpaired) electrons. The van der Waals surface area contributed by atoms with Gasteiger partial charge in [0.25, 0.3) is 0 Å². The summed E-state index contributed by atoms with van der Waals surface area (Å²) in [7, 11) is 0. The molecule has 0 aromatic heterocycles. The average Bonchev–Trinajstić information content (AvgIpc) is 2.99. The zero-order chi connectivity index (χ0) is 16.6. The molecule has 0 aromatic carbocycles. The molecule has 0 saturated heterocycles. The van der Waals surface area contributed by atoms with Crippen LogP contribution in [-0.4, -0.2) is 11.5 Å². The van der Waals surface area contributed by atoms with Crippen LogP contribution < -0.4 is 0 Å². The van der Waals surface area contributed by atoms with E-state index in [1.807, 2.05) is 11.8 Å². The van der Waals surface area contributed by atoms with Crippen LogP contribution in [0.2, 0.25) is 0 Å². The molecule has 0 bridgehead atoms. The van der Waals surface area contributed by atoms with Gasteiger partial charge in [-0.05, 0) is 50.2 Å². The van der Waals surface area contributed by atoms with E-state index < -0.39 is 0 Å². The summed E-state index contributed by atoms with van der Waals surface area (Å²) in [6, 6.07) is 0. The smallest absolute Gasteiger partial charge is 0.0137 e. The fourth-order valence-electron chi connectivity index (χ4n) is 2.71. The first-order chi connectivity index (χ1) is 10.6. The molecular weight excluding hydrogens is 284 g/mol. The lowest BCUT2D eigenvalue weighted by molar-refractivity contribution is 0.510. The molecule has 1 aliphatic rings. The molecule has 0 aliphatic heterocycles. The molecule has 1 unspecified atom stereocenters. The Kier molecular flexibility index (Phi) is 15.6. The zero-order valence-electron chi connectivity index (χ0n) is 15.7. The Balaban J connectivity index is 0.000000472. The largest absolute Gasteiger partial charge is 0.158 e. The van der Waals surface area contributed by atoms with Crippen molar-refractivity contribution in [1.82, 2.24) is 0 Å². The van der Waals surface area contributed by atoms with E-state index >= 15 is 0 Å². The fourth-order valence-corrected chi connectivity index (χ4v) is 3.50. The minimum atomic E-state index is 0.896. The van der Waals surface area contributed by atoms with Crippen molar-refractivity contribution in [3.8, 4) is 0 Å². The van der Waals surface area contributed by atoms with Gasteiger partial charge in [-0.2, -0.15) is 11.8 Å². The van der Waals surface area contributed by atoms with E-state index in [0.717, 1.165) is 17.6 Å². The number of hydrogen-bond acceptors (Lipinski definition) is 1. The molecule has 1 heteroatoms. The standard InChI is InChI=1S/C14H26.C7H14S/c1-3-4-8-13(2)9-7-12-14-10-5-6-11-14;1-4-5-8-6-7(2)3/h7,12-14H,3-6,8-11H2,1-2H3;2,4-6H2,1,3H3/b12-7+;. The first-order valence-corrected chi connectivity index (χ1v) is 10.6. The molecule has 0 spiro atoms. The molecule has 1 saturated carbocycles. The van der Waals surface area contributed by atoms with Gasteiger partial charge < -0.3 is 0 Å². The number of unbranched alkanes of at least 4 members (excludes halogenated alkanes) is 1. The highest BCUT2D eigenvalue weighted by Crippen LogP contribution is 2.26. The lowest BCUT2D eigenvalue weighted by Crippen LogP contribution is -1.93. The van der Waals surface area contributed by atoms with E-state index in [2.05, 4.69) is 46.4 Å². The van der Waals surface area contributed by atoms with Crippen LogP contribution >= 0.6 is 11.8 Å². The summed E-state index contributed by atoms with van der Waals surface area (Å²) in [5.41, 5.74) is 1.28. The number of hydrogen-bond donors (Lipinski definition) is 0. The Bertz CT molecular complexity index is 274. The van der Waals surface area contributed by atoms with Crippen molar-refractivity contribution >= 4 is 11.8 Å². The zero-order valence-corrected chi connectivity index (χ0v) is 16.5. The Morgan fingerprint density at radius 3 is 2.45 bits per heavy atom. The predicted octanol–water partition coefficient (Wildman–Crippen LogP) is 7.65. The topological polar surface area (TPSA) is 0 Å². The predicted molar refractivity (Wildman–Crippen MR) is 107 cm³/mol. The van der Waals surface area contributed by atoms with Gasteiger partial charge in [-0.1, -0.05) is 77.2 Å². The van der Waals surface area contributed by atoms with Crippen LogP contribution in [0.15, 0.2) is 24.3 Å². The number of rotatable bonds is 10. The SMILES string of the molecule is C=C(C)CSCCC.CCCCC(C)C/C=C/C1CCCC1. The normalized spacial score (nSPS) is 16.5. The average molecular weight is 325 g/mol. The van der Waals surface area contributed by atoms with Crippen molar-refractivity contribution in [2.45, 2.75) is 85.5 Å². The van der Waals surface area contributed by atoms with Gasteiger partial charge in [0.05, 0.1) is 0 Å². The summed E-state index contributed by atoms with van der Waals surface area (Å²) >= 11 is 1.96. The second-order valence-corrected chi connectivity index (χ2v) is 8.07. The molecule has 1 aliphatic carbocycles. The van der Waals surface area contributed by atoms with Gasteiger partial charge in [-0.3, -0.25) is 0 Å². The minimum absolute atomic E-state index is 0.896. The van der Waals surface area contributed by atoms with Crippen LogP contribution in [0.3, 0.4) is 0 Å². The Morgan fingerprint density at radius 2 is 1.91 bits per heavy atom. The van der Waals surface area contributed by atoms with Gasteiger partial charge >= 0.3 is 0 Å². The van der Waals surface area contributed by atoms with E-state index in [1.165, 1.54) is 69.1 Å². The van der Waals surface area contributed by atoms with E-state index in [-0.39, 0.29) is 0 Å². The van der Waals surface area contributed by atoms with Crippen LogP contribution in [0.25, 0.3) is 0 Å². The lowest BCUT2D eigenvalue weighted by Gasteiger charge is -2.07. The molecule has 1 fully saturated rings. The monoisotopic (exact) mass is 324 g/mol. The fraction of sp³-hybridized carbons (Fsp3) is 0.810. The van der Waals surface area contributed by atoms with Crippen molar-refractivity contribution < 1.29 is 0 Å². The first-order valence-electron chi connectivity index (χ1n) is 9.48. The highest BCUT2D eigenvalue weighted by molar-refractivity contribution is 7.99. The third kappa shape index (κ3) is 14.8. The van der Waals surface area contributed by atoms with Gasteiger partial charge in [0.2, 0.25) is 0 Å². The van der Waals surface area contributed by atoms with Crippen molar-refractivity contribution in [2.75, 3.05) is 11.5 Å². The number of thioether (sulfide) groups is 1. The molecular formula is C21H40S. The van der Waals surface area contributed by atoms with Crippen molar-refractivity contribution in [1.29, 1.82) is 0 Å². The van der Waals surface area contributed by atoms with Crippen LogP contribution in [0.1, 0.15) is 85.5 Å². The van der Waals surface area contributed by atoms with Gasteiger partial charge in [-0.15, -0.1) is 0 Å². The van der Waals surface area contributed by atoms with Gasteiger partial charge in [-0.25, -0.2) is 0 Å². The maximum Gasteiger partial charge on any atom is 0.0137 e. The van der Waals surface area contributed by atoms with Crippen LogP contribution in [0.5, 0.6) is 0 Å². The summed E-state index contributed by atoms with van der Waals surface area (Å²) in [5, 5.41) is 0. The Labute approximate surface area is 145 Å². The third-order valence-electron chi connectivity index (χ3n) is 4.09. The second kappa shape index (κ2) is 15.7. The molecule has 130 valence electrons. The molecule has 0 nitrogen and oxygen atoms in total. The van der Waals surface area contributed by atoms with E-state index in [0.29, 0.717) is 0 Å². The van der Waals surface area contributed by atoms with Crippen LogP contribution in [0, 0.1) is 11.8 Å². The van der Waals surface area contributed by atoms with Crippen LogP contribution in [0.4, 0.5) is 0 Å². The highest BCUT2D eigenvalue weighted by Gasteiger charge is 2.10. The van der Waals surface area contributed by atoms with E-state index in [1.54, 1.807) is 0 Å². The van der Waals surface area contributed by atoms with Crippen molar-refractivity contribution in [3.63, 3.8) is 0 Å². The van der Waals surface area contributed by atoms with E-state index in [9.17, 15) is 0 Å². The quantitative estimate of drug-likeness (QED) is 0.293. The minimum Gasteiger partial charge on any atom is -0.158 e. The Morgan fingerprint density at radius 1 is 1.23 bits per heavy atom. The third-order valence-corrected chi connectivity index (χ3v) is 5.49. The van der Waals surface area contributed by atoms with Crippen molar-refractivity contribution in [3.05, 3.63) is 24.3 Å². The molecule has 1 atom stereocenters. The molecule has 0 heterocycles. The second-order valence-electron chi connectivity index (χ2n) is 6.97. The molecule has 22 heavy (non-hydrogen) atoms. The molecule has 0 aromatic rings. The molecule has 0 N–H and O–H groups in total. The van der Waals surface area contributed by atoms with Crippen molar-refractivity contribution in [2.24, 2.45) is 11.8 Å². The molecule has 1 rings (SSSR count). The number of allylic oxidation sites excluding steroid dienone is 2. The van der Waals surface area contributed by atoms with Gasteiger partial charge in [0.1, 0.15) is 0 Å². The maximum absolute atomic E-state index is 3.81. The summed E-state index contributed by atoms with van der Waals surface area (Å²) in [5.74, 6) is 4.22. The highest BCUT2D eigenvalue weighted by atomic mass is 32.2. The van der Waals surface area contributed by atoms with Crippen LogP contribution in [-0.2, 0) is 0 Å². The summed E-state index contributed by atoms with van der Waals surface area (Å²) in [6.07, 6.45) is 17.5. The lowest BCUT2D eigenvalue weighted by atomic mass is 9.99. The maximum atomic E-state index is 3.81. The van der Waals surface area contributed by atoms with E-state index in [4.69, 9.17) is 0 Å². The summed E-state index contributed by atoms with van der Waals surface area (Å²) in [4.78, 5) is 0. The van der Waals surface area contributed by atoms with Gasteiger partial charge in [0.15, 0.2) is 0 Å². The van der Waals surface area contributed by atoms with Gasteiger partial charge in [0, 0.05) is 5.75 Å². The summed E-state index contributed by atoms with van der Waals surface area (Å²) < 4.78 is 0. The first kappa shape index (κ1) is 21.8. The Hall–Kier alpha value is -0.170. The summed E-state index contributed by atoms with van der Waals surface area (Å²) in [6.45, 7) is 12.7.